The van der Waals surface area contributed by atoms with Crippen molar-refractivity contribution in [2.45, 2.75) is 6.54 Å². The molecule has 5 nitrogen and oxygen atoms in total. The van der Waals surface area contributed by atoms with Crippen molar-refractivity contribution in [3.63, 3.8) is 0 Å². The maximum Gasteiger partial charge on any atom is 0.255 e. The summed E-state index contributed by atoms with van der Waals surface area (Å²) in [6.07, 6.45) is 3.53. The number of aromatic amines is 1. The van der Waals surface area contributed by atoms with Gasteiger partial charge in [0.2, 0.25) is 0 Å². The molecule has 0 bridgehead atoms. The Labute approximate surface area is 161 Å². The molecule has 0 atom stereocenters. The van der Waals surface area contributed by atoms with Crippen LogP contribution in [0.2, 0.25) is 5.02 Å². The van der Waals surface area contributed by atoms with E-state index in [-0.39, 0.29) is 5.91 Å². The molecule has 0 radical (unpaired) electrons. The van der Waals surface area contributed by atoms with Gasteiger partial charge in [0.1, 0.15) is 0 Å². The van der Waals surface area contributed by atoms with E-state index in [1.54, 1.807) is 18.3 Å². The number of amides is 1. The summed E-state index contributed by atoms with van der Waals surface area (Å²) >= 11 is 6.15. The zero-order chi connectivity index (χ0) is 18.8. The van der Waals surface area contributed by atoms with Gasteiger partial charge >= 0.3 is 0 Å². The Morgan fingerprint density at radius 1 is 1.15 bits per heavy atom. The van der Waals surface area contributed by atoms with Crippen molar-refractivity contribution in [1.29, 1.82) is 0 Å². The first-order chi connectivity index (χ1) is 13.1. The second kappa shape index (κ2) is 7.23. The molecular formula is C21H17ClN4O. The van der Waals surface area contributed by atoms with Crippen LogP contribution in [0.3, 0.4) is 0 Å². The number of H-pyrrole nitrogens is 1. The number of rotatable bonds is 4. The first-order valence-corrected chi connectivity index (χ1v) is 8.85. The quantitative estimate of drug-likeness (QED) is 0.487. The maximum atomic E-state index is 12.8. The van der Waals surface area contributed by atoms with Gasteiger partial charge in [-0.25, -0.2) is 0 Å². The van der Waals surface area contributed by atoms with Crippen LogP contribution in [0, 0.1) is 0 Å². The van der Waals surface area contributed by atoms with Gasteiger partial charge in [0.15, 0.2) is 0 Å². The van der Waals surface area contributed by atoms with E-state index >= 15 is 0 Å². The van der Waals surface area contributed by atoms with Crippen molar-refractivity contribution in [3.8, 4) is 11.3 Å². The molecule has 4 aromatic rings. The Hall–Kier alpha value is -3.15. The number of nitrogens with two attached hydrogens (primary N) is 1. The minimum absolute atomic E-state index is 0.211. The molecule has 2 aromatic heterocycles. The van der Waals surface area contributed by atoms with Gasteiger partial charge in [-0.05, 0) is 48.0 Å². The van der Waals surface area contributed by atoms with Gasteiger partial charge < -0.3 is 16.0 Å². The second-order valence-corrected chi connectivity index (χ2v) is 6.62. The molecular weight excluding hydrogens is 360 g/mol. The number of nitrogens with one attached hydrogen (secondary N) is 2. The zero-order valence-electron chi connectivity index (χ0n) is 14.4. The topological polar surface area (TPSA) is 83.8 Å². The summed E-state index contributed by atoms with van der Waals surface area (Å²) in [4.78, 5) is 20.3. The van der Waals surface area contributed by atoms with Crippen LogP contribution >= 0.6 is 11.6 Å². The van der Waals surface area contributed by atoms with Crippen molar-refractivity contribution in [3.05, 3.63) is 83.1 Å². The van der Waals surface area contributed by atoms with E-state index < -0.39 is 0 Å². The van der Waals surface area contributed by atoms with Crippen molar-refractivity contribution in [2.24, 2.45) is 5.73 Å². The van der Waals surface area contributed by atoms with Gasteiger partial charge in [0.05, 0.1) is 11.4 Å². The van der Waals surface area contributed by atoms with Crippen LogP contribution in [-0.4, -0.2) is 15.9 Å². The highest BCUT2D eigenvalue weighted by Crippen LogP contribution is 2.28. The summed E-state index contributed by atoms with van der Waals surface area (Å²) in [5, 5.41) is 4.40. The Bertz CT molecular complexity index is 1140. The largest absolute Gasteiger partial charge is 0.361 e. The van der Waals surface area contributed by atoms with E-state index in [9.17, 15) is 4.79 Å². The average Bonchev–Trinajstić information content (AvgIpc) is 3.16. The highest BCUT2D eigenvalue weighted by Gasteiger charge is 2.11. The SMILES string of the molecule is NCc1ccnc(-c2cccc(C(=O)Nc3cc(Cl)cc4[nH]ccc34)c2)c1. The monoisotopic (exact) mass is 376 g/mol. The summed E-state index contributed by atoms with van der Waals surface area (Å²) in [6, 6.07) is 16.6. The minimum Gasteiger partial charge on any atom is -0.361 e. The van der Waals surface area contributed by atoms with Crippen LogP contribution in [0.15, 0.2) is 67.0 Å². The van der Waals surface area contributed by atoms with Crippen LogP contribution in [0.4, 0.5) is 5.69 Å². The Morgan fingerprint density at radius 3 is 2.89 bits per heavy atom. The van der Waals surface area contributed by atoms with Crippen LogP contribution in [0.25, 0.3) is 22.2 Å². The molecule has 0 aliphatic heterocycles. The molecule has 0 fully saturated rings. The lowest BCUT2D eigenvalue weighted by Crippen LogP contribution is -2.12. The van der Waals surface area contributed by atoms with Gasteiger partial charge in [-0.2, -0.15) is 0 Å². The highest BCUT2D eigenvalue weighted by atomic mass is 35.5. The van der Waals surface area contributed by atoms with Gasteiger partial charge in [0.25, 0.3) is 5.91 Å². The van der Waals surface area contributed by atoms with Crippen LogP contribution in [-0.2, 0) is 6.54 Å². The molecule has 0 saturated heterocycles. The number of anilines is 1. The smallest absolute Gasteiger partial charge is 0.255 e. The molecule has 4 rings (SSSR count). The number of nitrogens with zero attached hydrogens (tertiary/aromatic N) is 1. The van der Waals surface area contributed by atoms with Crippen LogP contribution in [0.1, 0.15) is 15.9 Å². The Kier molecular flexibility index (Phi) is 4.62. The van der Waals surface area contributed by atoms with E-state index in [2.05, 4.69) is 15.3 Å². The fourth-order valence-corrected chi connectivity index (χ4v) is 3.23. The second-order valence-electron chi connectivity index (χ2n) is 6.18. The summed E-state index contributed by atoms with van der Waals surface area (Å²) in [5.41, 5.74) is 10.4. The molecule has 1 amide bonds. The Morgan fingerprint density at radius 2 is 2.04 bits per heavy atom. The number of hydrogen-bond acceptors (Lipinski definition) is 3. The molecule has 2 heterocycles. The number of pyridine rings is 1. The molecule has 6 heteroatoms. The fourth-order valence-electron chi connectivity index (χ4n) is 3.01. The zero-order valence-corrected chi connectivity index (χ0v) is 15.1. The average molecular weight is 377 g/mol. The van der Waals surface area contributed by atoms with E-state index in [4.69, 9.17) is 17.3 Å². The third-order valence-corrected chi connectivity index (χ3v) is 4.58. The van der Waals surface area contributed by atoms with Gasteiger partial charge in [-0.3, -0.25) is 9.78 Å². The molecule has 0 saturated carbocycles. The maximum absolute atomic E-state index is 12.8. The number of benzene rings is 2. The number of hydrogen-bond donors (Lipinski definition) is 3. The third-order valence-electron chi connectivity index (χ3n) is 4.36. The van der Waals surface area contributed by atoms with Crippen molar-refractivity contribution in [1.82, 2.24) is 9.97 Å². The summed E-state index contributed by atoms with van der Waals surface area (Å²) in [6.45, 7) is 0.442. The van der Waals surface area contributed by atoms with Crippen molar-refractivity contribution in [2.75, 3.05) is 5.32 Å². The van der Waals surface area contributed by atoms with E-state index in [1.807, 2.05) is 48.7 Å². The summed E-state index contributed by atoms with van der Waals surface area (Å²) in [7, 11) is 0. The molecule has 0 aliphatic carbocycles. The molecule has 0 aliphatic rings. The lowest BCUT2D eigenvalue weighted by molar-refractivity contribution is 0.102. The third kappa shape index (κ3) is 3.56. The Balaban J connectivity index is 1.65. The molecule has 27 heavy (non-hydrogen) atoms. The minimum atomic E-state index is -0.211. The van der Waals surface area contributed by atoms with Gasteiger partial charge in [-0.1, -0.05) is 23.7 Å². The summed E-state index contributed by atoms with van der Waals surface area (Å²) < 4.78 is 0. The molecule has 0 spiro atoms. The van der Waals surface area contributed by atoms with Crippen molar-refractivity contribution >= 4 is 34.1 Å². The number of carbonyl (C=O) groups excluding carboxylic acids is 1. The molecule has 0 unspecified atom stereocenters. The van der Waals surface area contributed by atoms with Crippen molar-refractivity contribution < 1.29 is 4.79 Å². The van der Waals surface area contributed by atoms with Crippen LogP contribution < -0.4 is 11.1 Å². The van der Waals surface area contributed by atoms with E-state index in [0.717, 1.165) is 27.7 Å². The molecule has 4 N–H and O–H groups in total. The first-order valence-electron chi connectivity index (χ1n) is 8.47. The number of carbonyl (C=O) groups is 1. The lowest BCUT2D eigenvalue weighted by Gasteiger charge is -2.09. The number of fused-ring (bicyclic) bond motifs is 1. The van der Waals surface area contributed by atoms with Gasteiger partial charge in [0, 0.05) is 46.0 Å². The lowest BCUT2D eigenvalue weighted by atomic mass is 10.1. The number of halogens is 1. The highest BCUT2D eigenvalue weighted by molar-refractivity contribution is 6.32. The van der Waals surface area contributed by atoms with E-state index in [1.165, 1.54) is 0 Å². The fraction of sp³-hybridized carbons (Fsp3) is 0.0476. The predicted octanol–water partition coefficient (Wildman–Crippen LogP) is 4.59. The van der Waals surface area contributed by atoms with E-state index in [0.29, 0.717) is 22.8 Å². The number of aromatic nitrogens is 2. The van der Waals surface area contributed by atoms with Gasteiger partial charge in [-0.15, -0.1) is 0 Å². The normalized spacial score (nSPS) is 10.9. The summed E-state index contributed by atoms with van der Waals surface area (Å²) in [5.74, 6) is -0.211. The van der Waals surface area contributed by atoms with Crippen LogP contribution in [0.5, 0.6) is 0 Å². The molecule has 2 aromatic carbocycles. The predicted molar refractivity (Wildman–Crippen MR) is 109 cm³/mol. The molecule has 134 valence electrons. The standard InChI is InChI=1S/C21H17ClN4O/c22-16-10-19-17(5-7-25-19)20(11-16)26-21(27)15-3-1-2-14(9-15)18-8-13(12-23)4-6-24-18/h1-11,25H,12,23H2,(H,26,27). The first kappa shape index (κ1) is 17.3.